The number of carboxylic acid groups (broad SMARTS) is 1. The summed E-state index contributed by atoms with van der Waals surface area (Å²) in [5.41, 5.74) is 0.545. The van der Waals surface area contributed by atoms with Crippen molar-refractivity contribution in [1.29, 1.82) is 0 Å². The predicted molar refractivity (Wildman–Crippen MR) is 48.3 cm³/mol. The van der Waals surface area contributed by atoms with Gasteiger partial charge < -0.3 is 10.6 Å². The Kier molecular flexibility index (Phi) is 7.84. The minimum Gasteiger partial charge on any atom is -0.870 e. The summed E-state index contributed by atoms with van der Waals surface area (Å²) < 4.78 is 0. The fourth-order valence-corrected chi connectivity index (χ4v) is 0.977. The molecule has 5 heteroatoms. The van der Waals surface area contributed by atoms with Crippen LogP contribution in [0.4, 0.5) is 0 Å². The fourth-order valence-electron chi connectivity index (χ4n) is 0.779. The molecule has 1 aromatic carbocycles. The van der Waals surface area contributed by atoms with E-state index < -0.39 is 5.97 Å². The van der Waals surface area contributed by atoms with Gasteiger partial charge in [-0.15, -0.1) is 6.42 Å². The van der Waals surface area contributed by atoms with Crippen molar-refractivity contribution < 1.29 is 44.9 Å². The Labute approximate surface area is 109 Å². The molecular formula is C9H6ClNaO3. The van der Waals surface area contributed by atoms with E-state index >= 15 is 0 Å². The second-order valence-corrected chi connectivity index (χ2v) is 2.55. The summed E-state index contributed by atoms with van der Waals surface area (Å²) in [6.45, 7) is 0. The fraction of sp³-hybridized carbons (Fsp3) is 0. The molecule has 1 aromatic rings. The van der Waals surface area contributed by atoms with Crippen molar-refractivity contribution in [3.8, 4) is 12.3 Å². The summed E-state index contributed by atoms with van der Waals surface area (Å²) in [7, 11) is 0. The summed E-state index contributed by atoms with van der Waals surface area (Å²) >= 11 is 5.60. The van der Waals surface area contributed by atoms with Gasteiger partial charge in [0.15, 0.2) is 0 Å². The number of hydrogen-bond donors (Lipinski definition) is 1. The van der Waals surface area contributed by atoms with Gasteiger partial charge in [0.05, 0.1) is 10.6 Å². The normalized spacial score (nSPS) is 7.71. The van der Waals surface area contributed by atoms with Crippen LogP contribution in [-0.4, -0.2) is 16.6 Å². The molecule has 0 spiro atoms. The smallest absolute Gasteiger partial charge is 0.870 e. The van der Waals surface area contributed by atoms with Crippen LogP contribution in [-0.2, 0) is 0 Å². The Balaban J connectivity index is 0. The van der Waals surface area contributed by atoms with E-state index in [1.54, 1.807) is 6.07 Å². The second kappa shape index (κ2) is 6.88. The maximum atomic E-state index is 10.5. The Morgan fingerprint density at radius 3 is 2.50 bits per heavy atom. The molecule has 0 aliphatic rings. The van der Waals surface area contributed by atoms with Gasteiger partial charge in [0, 0.05) is 5.56 Å². The van der Waals surface area contributed by atoms with E-state index in [1.165, 1.54) is 12.1 Å². The van der Waals surface area contributed by atoms with E-state index in [2.05, 4.69) is 5.92 Å². The third-order valence-corrected chi connectivity index (χ3v) is 1.69. The maximum Gasteiger partial charge on any atom is 1.00 e. The molecule has 2 N–H and O–H groups in total. The minimum absolute atomic E-state index is 0. The average Bonchev–Trinajstić information content (AvgIpc) is 2.05. The summed E-state index contributed by atoms with van der Waals surface area (Å²) in [5.74, 6) is 1.26. The molecule has 0 atom stereocenters. The number of benzene rings is 1. The van der Waals surface area contributed by atoms with Crippen LogP contribution in [0.2, 0.25) is 5.02 Å². The van der Waals surface area contributed by atoms with Crippen LogP contribution in [0.25, 0.3) is 0 Å². The maximum absolute atomic E-state index is 10.5. The van der Waals surface area contributed by atoms with Gasteiger partial charge in [-0.3, -0.25) is 0 Å². The molecule has 0 saturated heterocycles. The average molecular weight is 221 g/mol. The Hall–Kier alpha value is -0.500. The molecule has 0 aromatic heterocycles. The summed E-state index contributed by atoms with van der Waals surface area (Å²) in [6, 6.07) is 4.43. The first-order chi connectivity index (χ1) is 5.65. The molecule has 0 saturated carbocycles. The van der Waals surface area contributed by atoms with Crippen molar-refractivity contribution in [2.45, 2.75) is 0 Å². The number of terminal acetylenes is 1. The largest absolute Gasteiger partial charge is 1.00 e. The van der Waals surface area contributed by atoms with Gasteiger partial charge in [0.1, 0.15) is 0 Å². The van der Waals surface area contributed by atoms with Crippen LogP contribution >= 0.6 is 11.6 Å². The van der Waals surface area contributed by atoms with E-state index in [1.807, 2.05) is 0 Å². The van der Waals surface area contributed by atoms with Crippen LogP contribution in [0.1, 0.15) is 15.9 Å². The minimum atomic E-state index is -1.07. The molecular weight excluding hydrogens is 215 g/mol. The van der Waals surface area contributed by atoms with Crippen molar-refractivity contribution in [2.24, 2.45) is 0 Å². The first kappa shape index (κ1) is 15.9. The molecule has 3 nitrogen and oxygen atoms in total. The number of carbonyl (C=O) groups is 1. The van der Waals surface area contributed by atoms with Gasteiger partial charge in [0.25, 0.3) is 0 Å². The number of aromatic carboxylic acids is 1. The molecule has 0 radical (unpaired) electrons. The summed E-state index contributed by atoms with van der Waals surface area (Å²) in [4.78, 5) is 10.5. The molecule has 0 fully saturated rings. The standard InChI is InChI=1S/C9H5ClO2.Na.H2O/c1-2-6-3-4-8(10)7(5-6)9(11)12;;/h1,3-5H,(H,11,12);;1H2/q;+1;/p-1. The van der Waals surface area contributed by atoms with Crippen molar-refractivity contribution in [3.63, 3.8) is 0 Å². The molecule has 0 amide bonds. The van der Waals surface area contributed by atoms with Crippen molar-refractivity contribution in [2.75, 3.05) is 0 Å². The molecule has 0 unspecified atom stereocenters. The molecule has 0 heterocycles. The Morgan fingerprint density at radius 2 is 2.07 bits per heavy atom. The third kappa shape index (κ3) is 3.70. The van der Waals surface area contributed by atoms with E-state index in [4.69, 9.17) is 23.1 Å². The number of rotatable bonds is 1. The first-order valence-electron chi connectivity index (χ1n) is 3.14. The molecule has 14 heavy (non-hydrogen) atoms. The van der Waals surface area contributed by atoms with Gasteiger partial charge in [-0.1, -0.05) is 17.5 Å². The molecule has 0 bridgehead atoms. The molecule has 0 aliphatic carbocycles. The van der Waals surface area contributed by atoms with Crippen LogP contribution in [0.3, 0.4) is 0 Å². The SMILES string of the molecule is C#Cc1ccc(Cl)c(C(=O)O)c1.[Na+].[OH-]. The van der Waals surface area contributed by atoms with Crippen LogP contribution in [0.5, 0.6) is 0 Å². The van der Waals surface area contributed by atoms with Gasteiger partial charge in [-0.2, -0.15) is 0 Å². The zero-order valence-electron chi connectivity index (χ0n) is 7.49. The number of carboxylic acids is 1. The zero-order chi connectivity index (χ0) is 9.14. The summed E-state index contributed by atoms with van der Waals surface area (Å²) in [6.07, 6.45) is 5.08. The quantitative estimate of drug-likeness (QED) is 0.480. The van der Waals surface area contributed by atoms with E-state index in [0.717, 1.165) is 0 Å². The summed E-state index contributed by atoms with van der Waals surface area (Å²) in [5, 5.41) is 8.83. The van der Waals surface area contributed by atoms with E-state index in [-0.39, 0.29) is 45.6 Å². The Bertz CT molecular complexity index is 371. The van der Waals surface area contributed by atoms with Crippen molar-refractivity contribution in [3.05, 3.63) is 34.3 Å². The van der Waals surface area contributed by atoms with Gasteiger partial charge in [0.2, 0.25) is 0 Å². The van der Waals surface area contributed by atoms with Crippen molar-refractivity contribution in [1.82, 2.24) is 0 Å². The van der Waals surface area contributed by atoms with Crippen LogP contribution in [0, 0.1) is 12.3 Å². The van der Waals surface area contributed by atoms with Crippen LogP contribution < -0.4 is 29.6 Å². The number of hydrogen-bond acceptors (Lipinski definition) is 2. The first-order valence-corrected chi connectivity index (χ1v) is 3.52. The third-order valence-electron chi connectivity index (χ3n) is 1.36. The molecule has 1 rings (SSSR count). The monoisotopic (exact) mass is 220 g/mol. The van der Waals surface area contributed by atoms with E-state index in [0.29, 0.717) is 5.56 Å². The predicted octanol–water partition coefficient (Wildman–Crippen LogP) is -1.15. The topological polar surface area (TPSA) is 67.3 Å². The molecule has 68 valence electrons. The number of halogens is 1. The second-order valence-electron chi connectivity index (χ2n) is 2.14. The Morgan fingerprint density at radius 1 is 1.50 bits per heavy atom. The van der Waals surface area contributed by atoms with E-state index in [9.17, 15) is 4.79 Å². The van der Waals surface area contributed by atoms with Gasteiger partial charge in [-0.25, -0.2) is 4.79 Å². The van der Waals surface area contributed by atoms with Crippen molar-refractivity contribution >= 4 is 17.6 Å². The van der Waals surface area contributed by atoms with Gasteiger partial charge in [-0.05, 0) is 18.2 Å². The van der Waals surface area contributed by atoms with Crippen LogP contribution in [0.15, 0.2) is 18.2 Å². The zero-order valence-corrected chi connectivity index (χ0v) is 10.2. The molecule has 0 aliphatic heterocycles. The van der Waals surface area contributed by atoms with Gasteiger partial charge >= 0.3 is 35.5 Å².